The molecule has 0 aliphatic heterocycles. The first-order valence-corrected chi connectivity index (χ1v) is 4.09. The van der Waals surface area contributed by atoms with Crippen molar-refractivity contribution in [1.82, 2.24) is 0 Å². The zero-order valence-corrected chi connectivity index (χ0v) is 8.17. The summed E-state index contributed by atoms with van der Waals surface area (Å²) in [5, 5.41) is 9.17. The van der Waals surface area contributed by atoms with Gasteiger partial charge in [0.2, 0.25) is 0 Å². The maximum absolute atomic E-state index is 10.7. The molecule has 0 heterocycles. The Bertz CT molecular complexity index is 336. The van der Waals surface area contributed by atoms with Crippen molar-refractivity contribution in [3.05, 3.63) is 28.8 Å². The standard InChI is InChI=1S/C9H10ClNO2/c1-11(2)8-4-6(9(12)13)3-7(10)5-8/h3-5H,1-2H3,(H,12,13). The molecular formula is C9H10ClNO2. The van der Waals surface area contributed by atoms with Crippen molar-refractivity contribution in [2.45, 2.75) is 0 Å². The van der Waals surface area contributed by atoms with Gasteiger partial charge in [-0.1, -0.05) is 11.6 Å². The minimum atomic E-state index is -0.967. The molecule has 0 fully saturated rings. The molecule has 0 aliphatic carbocycles. The van der Waals surface area contributed by atoms with E-state index in [4.69, 9.17) is 16.7 Å². The summed E-state index contributed by atoms with van der Waals surface area (Å²) in [7, 11) is 3.66. The fourth-order valence-corrected chi connectivity index (χ4v) is 1.19. The largest absolute Gasteiger partial charge is 0.478 e. The number of nitrogens with zero attached hydrogens (tertiary/aromatic N) is 1. The molecule has 1 aromatic rings. The first-order valence-electron chi connectivity index (χ1n) is 3.72. The van der Waals surface area contributed by atoms with Crippen LogP contribution in [0.4, 0.5) is 5.69 Å². The van der Waals surface area contributed by atoms with E-state index in [-0.39, 0.29) is 5.56 Å². The molecular weight excluding hydrogens is 190 g/mol. The summed E-state index contributed by atoms with van der Waals surface area (Å²) in [6.07, 6.45) is 0. The third-order valence-corrected chi connectivity index (χ3v) is 1.86. The van der Waals surface area contributed by atoms with E-state index in [1.807, 2.05) is 14.1 Å². The molecule has 0 aromatic heterocycles. The topological polar surface area (TPSA) is 40.5 Å². The molecule has 0 atom stereocenters. The van der Waals surface area contributed by atoms with Gasteiger partial charge >= 0.3 is 5.97 Å². The van der Waals surface area contributed by atoms with Crippen LogP contribution in [0, 0.1) is 0 Å². The highest BCUT2D eigenvalue weighted by Crippen LogP contribution is 2.20. The first-order chi connectivity index (χ1) is 6.00. The normalized spacial score (nSPS) is 9.77. The molecule has 3 nitrogen and oxygen atoms in total. The number of halogens is 1. The van der Waals surface area contributed by atoms with Gasteiger partial charge in [0.05, 0.1) is 5.56 Å². The van der Waals surface area contributed by atoms with Crippen molar-refractivity contribution >= 4 is 23.3 Å². The number of carboxylic acids is 1. The fraction of sp³-hybridized carbons (Fsp3) is 0.222. The SMILES string of the molecule is CN(C)c1cc(Cl)cc(C(=O)O)c1. The number of rotatable bonds is 2. The zero-order chi connectivity index (χ0) is 10.0. The van der Waals surface area contributed by atoms with Crippen LogP contribution >= 0.6 is 11.6 Å². The Hall–Kier alpha value is -1.22. The van der Waals surface area contributed by atoms with E-state index < -0.39 is 5.97 Å². The van der Waals surface area contributed by atoms with E-state index in [0.717, 1.165) is 5.69 Å². The predicted molar refractivity (Wildman–Crippen MR) is 52.7 cm³/mol. The molecule has 4 heteroatoms. The molecule has 1 N–H and O–H groups in total. The van der Waals surface area contributed by atoms with E-state index in [9.17, 15) is 4.79 Å². The second-order valence-corrected chi connectivity index (χ2v) is 3.33. The van der Waals surface area contributed by atoms with Gasteiger partial charge in [-0.15, -0.1) is 0 Å². The summed E-state index contributed by atoms with van der Waals surface area (Å²) in [6, 6.07) is 4.72. The highest BCUT2D eigenvalue weighted by Gasteiger charge is 2.06. The minimum Gasteiger partial charge on any atom is -0.478 e. The summed E-state index contributed by atoms with van der Waals surface area (Å²) in [4.78, 5) is 12.5. The third-order valence-electron chi connectivity index (χ3n) is 1.65. The molecule has 13 heavy (non-hydrogen) atoms. The van der Waals surface area contributed by atoms with Gasteiger partial charge in [0.25, 0.3) is 0 Å². The van der Waals surface area contributed by atoms with E-state index in [0.29, 0.717) is 5.02 Å². The van der Waals surface area contributed by atoms with Gasteiger partial charge in [0.15, 0.2) is 0 Å². The second-order valence-electron chi connectivity index (χ2n) is 2.90. The zero-order valence-electron chi connectivity index (χ0n) is 7.41. The number of benzene rings is 1. The lowest BCUT2D eigenvalue weighted by atomic mass is 10.2. The molecule has 70 valence electrons. The third kappa shape index (κ3) is 2.36. The number of carbonyl (C=O) groups is 1. The predicted octanol–water partition coefficient (Wildman–Crippen LogP) is 2.10. The van der Waals surface area contributed by atoms with Gasteiger partial charge in [-0.25, -0.2) is 4.79 Å². The van der Waals surface area contributed by atoms with Crippen LogP contribution in [-0.2, 0) is 0 Å². The summed E-state index contributed by atoms with van der Waals surface area (Å²) < 4.78 is 0. The number of anilines is 1. The lowest BCUT2D eigenvalue weighted by Gasteiger charge is -2.13. The van der Waals surface area contributed by atoms with Crippen LogP contribution in [0.3, 0.4) is 0 Å². The van der Waals surface area contributed by atoms with Gasteiger partial charge in [0, 0.05) is 24.8 Å². The molecule has 0 spiro atoms. The van der Waals surface area contributed by atoms with Crippen LogP contribution in [0.5, 0.6) is 0 Å². The lowest BCUT2D eigenvalue weighted by molar-refractivity contribution is 0.0697. The fourth-order valence-electron chi connectivity index (χ4n) is 0.956. The maximum atomic E-state index is 10.7. The van der Waals surface area contributed by atoms with Crippen molar-refractivity contribution in [3.63, 3.8) is 0 Å². The van der Waals surface area contributed by atoms with Crippen molar-refractivity contribution < 1.29 is 9.90 Å². The van der Waals surface area contributed by atoms with Crippen LogP contribution in [0.15, 0.2) is 18.2 Å². The summed E-state index contributed by atoms with van der Waals surface area (Å²) >= 11 is 5.75. The summed E-state index contributed by atoms with van der Waals surface area (Å²) in [5.74, 6) is -0.967. The van der Waals surface area contributed by atoms with Crippen LogP contribution in [0.25, 0.3) is 0 Å². The number of hydrogen-bond acceptors (Lipinski definition) is 2. The van der Waals surface area contributed by atoms with Crippen LogP contribution in [0.2, 0.25) is 5.02 Å². The highest BCUT2D eigenvalue weighted by molar-refractivity contribution is 6.31. The summed E-state index contributed by atoms with van der Waals surface area (Å²) in [5.41, 5.74) is 0.987. The molecule has 0 unspecified atom stereocenters. The molecule has 0 bridgehead atoms. The maximum Gasteiger partial charge on any atom is 0.335 e. The molecule has 1 rings (SSSR count). The van der Waals surface area contributed by atoms with E-state index >= 15 is 0 Å². The van der Waals surface area contributed by atoms with E-state index in [1.165, 1.54) is 6.07 Å². The quantitative estimate of drug-likeness (QED) is 0.793. The monoisotopic (exact) mass is 199 g/mol. The first kappa shape index (κ1) is 9.86. The number of carboxylic acid groups (broad SMARTS) is 1. The van der Waals surface area contributed by atoms with Gasteiger partial charge in [-0.3, -0.25) is 0 Å². The van der Waals surface area contributed by atoms with Crippen LogP contribution < -0.4 is 4.90 Å². The Labute approximate surface area is 81.5 Å². The smallest absolute Gasteiger partial charge is 0.335 e. The second kappa shape index (κ2) is 3.66. The molecule has 0 saturated carbocycles. The van der Waals surface area contributed by atoms with Crippen LogP contribution in [0.1, 0.15) is 10.4 Å². The van der Waals surface area contributed by atoms with Gasteiger partial charge in [0.1, 0.15) is 0 Å². The van der Waals surface area contributed by atoms with Gasteiger partial charge in [-0.05, 0) is 18.2 Å². The van der Waals surface area contributed by atoms with Crippen LogP contribution in [-0.4, -0.2) is 25.2 Å². The Morgan fingerprint density at radius 3 is 2.46 bits per heavy atom. The Morgan fingerprint density at radius 1 is 1.38 bits per heavy atom. The van der Waals surface area contributed by atoms with Crippen molar-refractivity contribution in [3.8, 4) is 0 Å². The Morgan fingerprint density at radius 2 is 2.00 bits per heavy atom. The van der Waals surface area contributed by atoms with E-state index in [2.05, 4.69) is 0 Å². The van der Waals surface area contributed by atoms with Gasteiger partial charge in [-0.2, -0.15) is 0 Å². The highest BCUT2D eigenvalue weighted by atomic mass is 35.5. The Kier molecular flexibility index (Phi) is 2.78. The molecule has 0 saturated heterocycles. The number of hydrogen-bond donors (Lipinski definition) is 1. The Balaban J connectivity index is 3.19. The average molecular weight is 200 g/mol. The van der Waals surface area contributed by atoms with E-state index in [1.54, 1.807) is 17.0 Å². The molecule has 0 radical (unpaired) electrons. The van der Waals surface area contributed by atoms with Crippen molar-refractivity contribution in [2.24, 2.45) is 0 Å². The molecule has 0 aliphatic rings. The van der Waals surface area contributed by atoms with Gasteiger partial charge < -0.3 is 10.0 Å². The van der Waals surface area contributed by atoms with Crippen molar-refractivity contribution in [2.75, 3.05) is 19.0 Å². The minimum absolute atomic E-state index is 0.205. The van der Waals surface area contributed by atoms with Crippen molar-refractivity contribution in [1.29, 1.82) is 0 Å². The number of aromatic carboxylic acids is 1. The molecule has 1 aromatic carbocycles. The lowest BCUT2D eigenvalue weighted by Crippen LogP contribution is -2.09. The summed E-state index contributed by atoms with van der Waals surface area (Å²) in [6.45, 7) is 0. The average Bonchev–Trinajstić information content (AvgIpc) is 2.03. The molecule has 0 amide bonds.